The Morgan fingerprint density at radius 3 is 2.48 bits per heavy atom. The molecule has 0 spiro atoms. The quantitative estimate of drug-likeness (QED) is 0.798. The van der Waals surface area contributed by atoms with Crippen LogP contribution in [0.25, 0.3) is 0 Å². The van der Waals surface area contributed by atoms with E-state index in [2.05, 4.69) is 10.4 Å². The molecular weight excluding hydrogens is 270 g/mol. The summed E-state index contributed by atoms with van der Waals surface area (Å²) in [7, 11) is 0. The van der Waals surface area contributed by atoms with Gasteiger partial charge in [-0.3, -0.25) is 14.3 Å². The number of piperazine rings is 1. The third-order valence-corrected chi connectivity index (χ3v) is 3.70. The number of hydrogen-bond acceptors (Lipinski definition) is 4. The van der Waals surface area contributed by atoms with Gasteiger partial charge in [-0.1, -0.05) is 0 Å². The average molecular weight is 293 g/mol. The van der Waals surface area contributed by atoms with E-state index in [4.69, 9.17) is 0 Å². The zero-order valence-corrected chi connectivity index (χ0v) is 12.7. The molecule has 0 radical (unpaired) electrons. The van der Waals surface area contributed by atoms with Gasteiger partial charge in [-0.05, 0) is 13.0 Å². The molecule has 1 aliphatic rings. The summed E-state index contributed by atoms with van der Waals surface area (Å²) in [6.45, 7) is 7.15. The predicted octanol–water partition coefficient (Wildman–Crippen LogP) is -0.448. The van der Waals surface area contributed by atoms with E-state index in [9.17, 15) is 9.59 Å². The minimum atomic E-state index is 0.0769. The Hall–Kier alpha value is -1.89. The van der Waals surface area contributed by atoms with Gasteiger partial charge in [0.2, 0.25) is 11.8 Å². The molecule has 2 rings (SSSR count). The van der Waals surface area contributed by atoms with Crippen molar-refractivity contribution in [2.24, 2.45) is 0 Å². The fraction of sp³-hybridized carbons (Fsp3) is 0.643. The van der Waals surface area contributed by atoms with Crippen molar-refractivity contribution in [1.29, 1.82) is 0 Å². The van der Waals surface area contributed by atoms with Crippen LogP contribution in [0.4, 0.5) is 0 Å². The average Bonchev–Trinajstić information content (AvgIpc) is 2.97. The summed E-state index contributed by atoms with van der Waals surface area (Å²) in [6.07, 6.45) is 3.65. The van der Waals surface area contributed by atoms with Crippen molar-refractivity contribution in [3.63, 3.8) is 0 Å². The number of aromatic nitrogens is 2. The molecule has 0 aliphatic carbocycles. The lowest BCUT2D eigenvalue weighted by molar-refractivity contribution is -0.137. The maximum atomic E-state index is 12.1. The SMILES string of the molecule is CC(=O)N1CCN(C(=O)CNC(C)Cn2cccn2)CC1. The molecule has 1 N–H and O–H groups in total. The number of nitrogens with zero attached hydrogens (tertiary/aromatic N) is 4. The first kappa shape index (κ1) is 15.5. The number of rotatable bonds is 5. The van der Waals surface area contributed by atoms with Gasteiger partial charge in [-0.25, -0.2) is 0 Å². The lowest BCUT2D eigenvalue weighted by Crippen LogP contribution is -2.52. The van der Waals surface area contributed by atoms with Gasteiger partial charge in [0.25, 0.3) is 0 Å². The lowest BCUT2D eigenvalue weighted by atomic mass is 10.3. The second-order valence-corrected chi connectivity index (χ2v) is 5.40. The van der Waals surface area contributed by atoms with Crippen molar-refractivity contribution in [3.8, 4) is 0 Å². The zero-order chi connectivity index (χ0) is 15.2. The molecule has 0 aromatic carbocycles. The highest BCUT2D eigenvalue weighted by molar-refractivity contribution is 5.79. The topological polar surface area (TPSA) is 70.5 Å². The van der Waals surface area contributed by atoms with Crippen molar-refractivity contribution in [1.82, 2.24) is 24.9 Å². The van der Waals surface area contributed by atoms with Gasteiger partial charge in [-0.2, -0.15) is 5.10 Å². The standard InChI is InChI=1S/C14H23N5O2/c1-12(11-19-5-3-4-16-19)15-10-14(21)18-8-6-17(7-9-18)13(2)20/h3-5,12,15H,6-11H2,1-2H3. The smallest absolute Gasteiger partial charge is 0.236 e. The predicted molar refractivity (Wildman–Crippen MR) is 78.5 cm³/mol. The van der Waals surface area contributed by atoms with Gasteiger partial charge in [-0.15, -0.1) is 0 Å². The summed E-state index contributed by atoms with van der Waals surface area (Å²) in [4.78, 5) is 27.0. The van der Waals surface area contributed by atoms with Gasteiger partial charge in [0, 0.05) is 51.5 Å². The second-order valence-electron chi connectivity index (χ2n) is 5.40. The Bertz CT molecular complexity index is 466. The normalized spacial score (nSPS) is 16.9. The van der Waals surface area contributed by atoms with E-state index in [0.717, 1.165) is 6.54 Å². The summed E-state index contributed by atoms with van der Waals surface area (Å²) in [5.74, 6) is 0.165. The van der Waals surface area contributed by atoms with Gasteiger partial charge >= 0.3 is 0 Å². The van der Waals surface area contributed by atoms with Crippen molar-refractivity contribution in [3.05, 3.63) is 18.5 Å². The molecule has 1 aliphatic heterocycles. The highest BCUT2D eigenvalue weighted by Gasteiger charge is 2.22. The van der Waals surface area contributed by atoms with Crippen molar-refractivity contribution < 1.29 is 9.59 Å². The molecule has 1 fully saturated rings. The zero-order valence-electron chi connectivity index (χ0n) is 12.7. The molecule has 116 valence electrons. The van der Waals surface area contributed by atoms with Crippen LogP contribution in [0.3, 0.4) is 0 Å². The molecule has 1 aromatic rings. The highest BCUT2D eigenvalue weighted by Crippen LogP contribution is 2.02. The van der Waals surface area contributed by atoms with Crippen molar-refractivity contribution in [2.75, 3.05) is 32.7 Å². The molecule has 0 bridgehead atoms. The van der Waals surface area contributed by atoms with Crippen LogP contribution >= 0.6 is 0 Å². The maximum Gasteiger partial charge on any atom is 0.236 e. The Morgan fingerprint density at radius 1 is 1.24 bits per heavy atom. The van der Waals surface area contributed by atoms with E-state index >= 15 is 0 Å². The van der Waals surface area contributed by atoms with Crippen LogP contribution in [-0.4, -0.2) is 70.2 Å². The van der Waals surface area contributed by atoms with Crippen LogP contribution in [0.15, 0.2) is 18.5 Å². The van der Waals surface area contributed by atoms with Crippen molar-refractivity contribution >= 4 is 11.8 Å². The van der Waals surface area contributed by atoms with Crippen LogP contribution in [0.1, 0.15) is 13.8 Å². The Morgan fingerprint density at radius 2 is 1.90 bits per heavy atom. The summed E-state index contributed by atoms with van der Waals surface area (Å²) in [5, 5.41) is 7.36. The second kappa shape index (κ2) is 7.21. The molecule has 1 aromatic heterocycles. The van der Waals surface area contributed by atoms with E-state index in [0.29, 0.717) is 32.7 Å². The largest absolute Gasteiger partial charge is 0.339 e. The van der Waals surface area contributed by atoms with E-state index in [1.54, 1.807) is 18.0 Å². The molecule has 0 saturated carbocycles. The van der Waals surface area contributed by atoms with Gasteiger partial charge in [0.05, 0.1) is 13.1 Å². The summed E-state index contributed by atoms with van der Waals surface area (Å²) >= 11 is 0. The third-order valence-electron chi connectivity index (χ3n) is 3.70. The molecule has 7 heteroatoms. The van der Waals surface area contributed by atoms with Crippen LogP contribution in [-0.2, 0) is 16.1 Å². The van der Waals surface area contributed by atoms with Crippen LogP contribution < -0.4 is 5.32 Å². The molecule has 1 unspecified atom stereocenters. The van der Waals surface area contributed by atoms with Gasteiger partial charge < -0.3 is 15.1 Å². The Labute approximate surface area is 124 Å². The summed E-state index contributed by atoms with van der Waals surface area (Å²) in [6, 6.07) is 2.05. The highest BCUT2D eigenvalue weighted by atomic mass is 16.2. The minimum Gasteiger partial charge on any atom is -0.339 e. The van der Waals surface area contributed by atoms with Gasteiger partial charge in [0.15, 0.2) is 0 Å². The molecule has 7 nitrogen and oxygen atoms in total. The first-order chi connectivity index (χ1) is 10.1. The molecule has 1 atom stereocenters. The number of amides is 2. The van der Waals surface area contributed by atoms with Crippen LogP contribution in [0, 0.1) is 0 Å². The van der Waals surface area contributed by atoms with Crippen molar-refractivity contribution in [2.45, 2.75) is 26.4 Å². The molecule has 21 heavy (non-hydrogen) atoms. The molecule has 1 saturated heterocycles. The first-order valence-corrected chi connectivity index (χ1v) is 7.30. The number of carbonyl (C=O) groups is 2. The first-order valence-electron chi connectivity index (χ1n) is 7.30. The van der Waals surface area contributed by atoms with Crippen LogP contribution in [0.2, 0.25) is 0 Å². The molecular formula is C14H23N5O2. The Balaban J connectivity index is 1.69. The maximum absolute atomic E-state index is 12.1. The fourth-order valence-corrected chi connectivity index (χ4v) is 2.40. The fourth-order valence-electron chi connectivity index (χ4n) is 2.40. The monoisotopic (exact) mass is 293 g/mol. The van der Waals surface area contributed by atoms with E-state index in [1.807, 2.05) is 28.8 Å². The third kappa shape index (κ3) is 4.56. The Kier molecular flexibility index (Phi) is 5.32. The number of nitrogens with one attached hydrogen (secondary N) is 1. The number of hydrogen-bond donors (Lipinski definition) is 1. The van der Waals surface area contributed by atoms with E-state index in [-0.39, 0.29) is 17.9 Å². The molecule has 2 amide bonds. The molecule has 2 heterocycles. The summed E-state index contributed by atoms with van der Waals surface area (Å²) in [5.41, 5.74) is 0. The minimum absolute atomic E-state index is 0.0769. The van der Waals surface area contributed by atoms with E-state index < -0.39 is 0 Å². The summed E-state index contributed by atoms with van der Waals surface area (Å²) < 4.78 is 1.84. The van der Waals surface area contributed by atoms with Crippen LogP contribution in [0.5, 0.6) is 0 Å². The number of carbonyl (C=O) groups excluding carboxylic acids is 2. The lowest BCUT2D eigenvalue weighted by Gasteiger charge is -2.34. The van der Waals surface area contributed by atoms with E-state index in [1.165, 1.54) is 0 Å². The van der Waals surface area contributed by atoms with Gasteiger partial charge in [0.1, 0.15) is 0 Å².